The van der Waals surface area contributed by atoms with Crippen LogP contribution in [0.4, 0.5) is 0 Å². The zero-order valence-electron chi connectivity index (χ0n) is 13.6. The maximum atomic E-state index is 13.2. The van der Waals surface area contributed by atoms with Crippen LogP contribution in [0.2, 0.25) is 0 Å². The number of carbonyl (C=O) groups excluding carboxylic acids is 1. The monoisotopic (exact) mass is 347 g/mol. The summed E-state index contributed by atoms with van der Waals surface area (Å²) in [5, 5.41) is 1.54. The maximum absolute atomic E-state index is 13.2. The molecule has 24 heavy (non-hydrogen) atoms. The number of rotatable bonds is 4. The van der Waals surface area contributed by atoms with Crippen LogP contribution in [0.15, 0.2) is 47.4 Å². The van der Waals surface area contributed by atoms with Gasteiger partial charge in [-0.2, -0.15) is 4.31 Å². The lowest BCUT2D eigenvalue weighted by Crippen LogP contribution is -2.48. The van der Waals surface area contributed by atoms with Crippen molar-refractivity contribution in [3.8, 4) is 0 Å². The normalized spacial score (nSPS) is 19.3. The Morgan fingerprint density at radius 3 is 2.71 bits per heavy atom. The van der Waals surface area contributed by atoms with E-state index in [2.05, 4.69) is 0 Å². The highest BCUT2D eigenvalue weighted by atomic mass is 32.2. The Morgan fingerprint density at radius 1 is 1.17 bits per heavy atom. The molecule has 3 rings (SSSR count). The highest BCUT2D eigenvalue weighted by molar-refractivity contribution is 7.89. The highest BCUT2D eigenvalue weighted by Gasteiger charge is 2.39. The van der Waals surface area contributed by atoms with Gasteiger partial charge in [-0.05, 0) is 37.6 Å². The van der Waals surface area contributed by atoms with Crippen LogP contribution in [-0.4, -0.2) is 37.9 Å². The topological polar surface area (TPSA) is 63.7 Å². The van der Waals surface area contributed by atoms with Crippen molar-refractivity contribution >= 4 is 26.8 Å². The van der Waals surface area contributed by atoms with E-state index in [1.807, 2.05) is 24.3 Å². The summed E-state index contributed by atoms with van der Waals surface area (Å²) in [5.74, 6) is -0.457. The van der Waals surface area contributed by atoms with E-state index >= 15 is 0 Å². The van der Waals surface area contributed by atoms with Crippen molar-refractivity contribution in [2.24, 2.45) is 0 Å². The van der Waals surface area contributed by atoms with Crippen LogP contribution in [-0.2, 0) is 19.6 Å². The van der Waals surface area contributed by atoms with Crippen LogP contribution in [0.5, 0.6) is 0 Å². The number of esters is 1. The molecule has 5 nitrogen and oxygen atoms in total. The number of hydrogen-bond acceptors (Lipinski definition) is 4. The first kappa shape index (κ1) is 16.9. The van der Waals surface area contributed by atoms with Crippen LogP contribution in [0.25, 0.3) is 10.8 Å². The molecule has 2 aromatic rings. The van der Waals surface area contributed by atoms with Gasteiger partial charge in [-0.3, -0.25) is 4.79 Å². The predicted octanol–water partition coefficient (Wildman–Crippen LogP) is 2.95. The Bertz CT molecular complexity index is 842. The van der Waals surface area contributed by atoms with Crippen molar-refractivity contribution < 1.29 is 17.9 Å². The number of hydrogen-bond donors (Lipinski definition) is 0. The fourth-order valence-electron chi connectivity index (χ4n) is 3.21. The number of nitrogens with zero attached hydrogens (tertiary/aromatic N) is 1. The van der Waals surface area contributed by atoms with Crippen molar-refractivity contribution in [3.63, 3.8) is 0 Å². The van der Waals surface area contributed by atoms with Crippen molar-refractivity contribution in [3.05, 3.63) is 42.5 Å². The highest BCUT2D eigenvalue weighted by Crippen LogP contribution is 2.30. The molecule has 128 valence electrons. The fraction of sp³-hybridized carbons (Fsp3) is 0.389. The minimum atomic E-state index is -3.77. The molecular formula is C18H21NO4S. The van der Waals surface area contributed by atoms with Gasteiger partial charge >= 0.3 is 5.97 Å². The van der Waals surface area contributed by atoms with E-state index in [0.717, 1.165) is 18.2 Å². The van der Waals surface area contributed by atoms with Crippen LogP contribution >= 0.6 is 0 Å². The lowest BCUT2D eigenvalue weighted by Gasteiger charge is -2.33. The Labute approximate surface area is 142 Å². The first-order valence-corrected chi connectivity index (χ1v) is 9.66. The quantitative estimate of drug-likeness (QED) is 0.798. The molecular weight excluding hydrogens is 326 g/mol. The molecule has 0 amide bonds. The Morgan fingerprint density at radius 2 is 1.92 bits per heavy atom. The van der Waals surface area contributed by atoms with E-state index in [0.29, 0.717) is 18.4 Å². The molecule has 6 heteroatoms. The number of carbonyl (C=O) groups is 1. The molecule has 0 spiro atoms. The molecule has 1 heterocycles. The van der Waals surface area contributed by atoms with Gasteiger partial charge in [0.05, 0.1) is 11.5 Å². The third-order valence-electron chi connectivity index (χ3n) is 4.35. The number of ether oxygens (including phenoxy) is 1. The average Bonchev–Trinajstić information content (AvgIpc) is 2.61. The van der Waals surface area contributed by atoms with Gasteiger partial charge in [0.15, 0.2) is 0 Å². The second-order valence-corrected chi connectivity index (χ2v) is 7.72. The fourth-order valence-corrected chi connectivity index (χ4v) is 5.08. The zero-order chi connectivity index (χ0) is 17.2. The molecule has 1 aliphatic heterocycles. The number of fused-ring (bicyclic) bond motifs is 1. The van der Waals surface area contributed by atoms with E-state index in [1.54, 1.807) is 25.1 Å². The van der Waals surface area contributed by atoms with Gasteiger partial charge in [0.25, 0.3) is 0 Å². The zero-order valence-corrected chi connectivity index (χ0v) is 14.5. The Balaban J connectivity index is 2.06. The van der Waals surface area contributed by atoms with Crippen molar-refractivity contribution in [2.75, 3.05) is 13.2 Å². The van der Waals surface area contributed by atoms with Crippen molar-refractivity contribution in [1.82, 2.24) is 4.31 Å². The summed E-state index contributed by atoms with van der Waals surface area (Å²) in [6.07, 6.45) is 2.08. The van der Waals surface area contributed by atoms with E-state index < -0.39 is 22.0 Å². The summed E-state index contributed by atoms with van der Waals surface area (Å²) in [4.78, 5) is 12.5. The van der Waals surface area contributed by atoms with Crippen LogP contribution in [0.3, 0.4) is 0 Å². The van der Waals surface area contributed by atoms with Gasteiger partial charge in [-0.1, -0.05) is 36.4 Å². The molecule has 1 fully saturated rings. The largest absolute Gasteiger partial charge is 0.465 e. The molecule has 1 saturated heterocycles. The Kier molecular flexibility index (Phi) is 4.87. The molecule has 1 unspecified atom stereocenters. The molecule has 2 aromatic carbocycles. The average molecular weight is 347 g/mol. The summed E-state index contributed by atoms with van der Waals surface area (Å²) in [6, 6.07) is 11.9. The number of piperidine rings is 1. The van der Waals surface area contributed by atoms with Gasteiger partial charge in [-0.15, -0.1) is 0 Å². The molecule has 1 aliphatic rings. The van der Waals surface area contributed by atoms with E-state index in [-0.39, 0.29) is 11.5 Å². The van der Waals surface area contributed by atoms with Gasteiger partial charge in [0.1, 0.15) is 6.04 Å². The smallest absolute Gasteiger partial charge is 0.324 e. The summed E-state index contributed by atoms with van der Waals surface area (Å²) >= 11 is 0. The second-order valence-electron chi connectivity index (χ2n) is 5.86. The van der Waals surface area contributed by atoms with Gasteiger partial charge < -0.3 is 4.74 Å². The van der Waals surface area contributed by atoms with Crippen LogP contribution < -0.4 is 0 Å². The third-order valence-corrected chi connectivity index (χ3v) is 6.31. The Hall–Kier alpha value is -1.92. The van der Waals surface area contributed by atoms with E-state index in [1.165, 1.54) is 4.31 Å². The molecule has 0 saturated carbocycles. The maximum Gasteiger partial charge on any atom is 0.324 e. The first-order chi connectivity index (χ1) is 11.6. The van der Waals surface area contributed by atoms with Gasteiger partial charge in [0, 0.05) is 11.9 Å². The molecule has 0 aromatic heterocycles. The molecule has 1 atom stereocenters. The third kappa shape index (κ3) is 3.03. The predicted molar refractivity (Wildman–Crippen MR) is 92.1 cm³/mol. The number of benzene rings is 2. The molecule has 0 bridgehead atoms. The van der Waals surface area contributed by atoms with Gasteiger partial charge in [0.2, 0.25) is 10.0 Å². The molecule has 0 aliphatic carbocycles. The van der Waals surface area contributed by atoms with Gasteiger partial charge in [-0.25, -0.2) is 8.42 Å². The minimum Gasteiger partial charge on any atom is -0.465 e. The summed E-state index contributed by atoms with van der Waals surface area (Å²) in [5.41, 5.74) is 0. The van der Waals surface area contributed by atoms with Crippen molar-refractivity contribution in [1.29, 1.82) is 0 Å². The second kappa shape index (κ2) is 6.91. The van der Waals surface area contributed by atoms with Crippen LogP contribution in [0.1, 0.15) is 26.2 Å². The van der Waals surface area contributed by atoms with E-state index in [4.69, 9.17) is 4.74 Å². The standard InChI is InChI=1S/C18H21NO4S/c1-2-23-18(20)16-11-5-6-13-19(16)24(21,22)17-12-7-9-14-8-3-4-10-15(14)17/h3-4,7-10,12,16H,2,5-6,11,13H2,1H3. The first-order valence-electron chi connectivity index (χ1n) is 8.22. The molecule has 0 N–H and O–H groups in total. The SMILES string of the molecule is CCOC(=O)C1CCCCN1S(=O)(=O)c1cccc2ccccc12. The van der Waals surface area contributed by atoms with E-state index in [9.17, 15) is 13.2 Å². The summed E-state index contributed by atoms with van der Waals surface area (Å²) < 4.78 is 32.9. The summed E-state index contributed by atoms with van der Waals surface area (Å²) in [7, 11) is -3.77. The number of sulfonamides is 1. The lowest BCUT2D eigenvalue weighted by molar-refractivity contribution is -0.148. The minimum absolute atomic E-state index is 0.247. The van der Waals surface area contributed by atoms with Crippen molar-refractivity contribution in [2.45, 2.75) is 37.1 Å². The lowest BCUT2D eigenvalue weighted by atomic mass is 10.1. The summed E-state index contributed by atoms with van der Waals surface area (Å²) in [6.45, 7) is 2.32. The molecule has 0 radical (unpaired) electrons. The van der Waals surface area contributed by atoms with Crippen LogP contribution in [0, 0.1) is 0 Å².